The third-order valence-corrected chi connectivity index (χ3v) is 12.7. The average molecular weight is 739 g/mol. The molecule has 0 saturated carbocycles. The fraction of sp³-hybridized carbons (Fsp3) is 0.0357. The van der Waals surface area contributed by atoms with Crippen LogP contribution in [-0.4, -0.2) is 4.57 Å². The predicted octanol–water partition coefficient (Wildman–Crippen LogP) is 14.6. The first-order valence-electron chi connectivity index (χ1n) is 20.2. The Kier molecular flexibility index (Phi) is 7.09. The molecule has 2 heteroatoms. The molecule has 0 saturated heterocycles. The second-order valence-corrected chi connectivity index (χ2v) is 15.7. The summed E-state index contributed by atoms with van der Waals surface area (Å²) >= 11 is 0. The van der Waals surface area contributed by atoms with Gasteiger partial charge in [0.1, 0.15) is 0 Å². The van der Waals surface area contributed by atoms with Crippen molar-refractivity contribution in [2.24, 2.45) is 0 Å². The first kappa shape index (κ1) is 32.8. The summed E-state index contributed by atoms with van der Waals surface area (Å²) in [4.78, 5) is 2.42. The molecule has 0 N–H and O–H groups in total. The molecule has 58 heavy (non-hydrogen) atoms. The van der Waals surface area contributed by atoms with Gasteiger partial charge < -0.3 is 9.47 Å². The highest BCUT2D eigenvalue weighted by Gasteiger charge is 2.51. The number of hydrogen-bond donors (Lipinski definition) is 0. The van der Waals surface area contributed by atoms with Gasteiger partial charge in [-0.2, -0.15) is 0 Å². The van der Waals surface area contributed by atoms with Crippen molar-refractivity contribution in [1.29, 1.82) is 0 Å². The minimum absolute atomic E-state index is 0.414. The molecule has 1 aromatic heterocycles. The van der Waals surface area contributed by atoms with Crippen molar-refractivity contribution < 1.29 is 0 Å². The van der Waals surface area contributed by atoms with Crippen molar-refractivity contribution in [3.8, 4) is 39.1 Å². The van der Waals surface area contributed by atoms with E-state index in [0.29, 0.717) is 0 Å². The lowest BCUT2D eigenvalue weighted by Gasteiger charge is -2.30. The van der Waals surface area contributed by atoms with Gasteiger partial charge in [-0.3, -0.25) is 0 Å². The lowest BCUT2D eigenvalue weighted by atomic mass is 9.70. The topological polar surface area (TPSA) is 8.17 Å². The molecule has 272 valence electrons. The van der Waals surface area contributed by atoms with Crippen LogP contribution in [0.15, 0.2) is 212 Å². The predicted molar refractivity (Wildman–Crippen MR) is 242 cm³/mol. The Bertz CT molecular complexity index is 3180. The summed E-state index contributed by atoms with van der Waals surface area (Å²) < 4.78 is 2.49. The van der Waals surface area contributed by atoms with Gasteiger partial charge in [-0.1, -0.05) is 169 Å². The number of para-hydroxylation sites is 2. The lowest BCUT2D eigenvalue weighted by Crippen LogP contribution is -2.26. The highest BCUT2D eigenvalue weighted by atomic mass is 15.1. The van der Waals surface area contributed by atoms with E-state index in [0.717, 1.165) is 22.7 Å². The van der Waals surface area contributed by atoms with Crippen LogP contribution in [0.25, 0.3) is 60.9 Å². The summed E-state index contributed by atoms with van der Waals surface area (Å²) in [5, 5.41) is 2.47. The van der Waals surface area contributed by atoms with E-state index >= 15 is 0 Å². The summed E-state index contributed by atoms with van der Waals surface area (Å²) in [6.07, 6.45) is 0. The molecule has 1 heterocycles. The maximum atomic E-state index is 2.50. The molecule has 2 aliphatic carbocycles. The van der Waals surface area contributed by atoms with Crippen LogP contribution in [0.5, 0.6) is 0 Å². The van der Waals surface area contributed by atoms with Gasteiger partial charge in [-0.05, 0) is 106 Å². The summed E-state index contributed by atoms with van der Waals surface area (Å²) in [5.74, 6) is 0. The summed E-state index contributed by atoms with van der Waals surface area (Å²) in [6.45, 7) is 2.15. The molecule has 0 unspecified atom stereocenters. The fourth-order valence-electron chi connectivity index (χ4n) is 10.2. The van der Waals surface area contributed by atoms with Crippen LogP contribution in [0.4, 0.5) is 17.1 Å². The number of rotatable bonds is 5. The molecule has 10 aromatic rings. The van der Waals surface area contributed by atoms with E-state index in [1.165, 1.54) is 83.0 Å². The highest BCUT2D eigenvalue weighted by Crippen LogP contribution is 2.63. The van der Waals surface area contributed by atoms with Crippen LogP contribution in [0.2, 0.25) is 0 Å². The van der Waals surface area contributed by atoms with E-state index in [1.807, 2.05) is 0 Å². The fourth-order valence-corrected chi connectivity index (χ4v) is 10.2. The van der Waals surface area contributed by atoms with Gasteiger partial charge in [0.2, 0.25) is 0 Å². The average Bonchev–Trinajstić information content (AvgIpc) is 3.89. The molecule has 0 radical (unpaired) electrons. The summed E-state index contributed by atoms with van der Waals surface area (Å²) in [7, 11) is 0. The van der Waals surface area contributed by atoms with Crippen molar-refractivity contribution in [2.75, 3.05) is 4.90 Å². The van der Waals surface area contributed by atoms with Gasteiger partial charge in [0.25, 0.3) is 0 Å². The number of hydrogen-bond acceptors (Lipinski definition) is 1. The molecule has 1 spiro atoms. The Labute approximate surface area is 338 Å². The zero-order chi connectivity index (χ0) is 38.4. The molecule has 0 aliphatic heterocycles. The van der Waals surface area contributed by atoms with Crippen molar-refractivity contribution in [1.82, 2.24) is 4.57 Å². The summed E-state index contributed by atoms with van der Waals surface area (Å²) in [6, 6.07) is 78.7. The second kappa shape index (κ2) is 12.5. The van der Waals surface area contributed by atoms with Crippen LogP contribution in [-0.2, 0) is 5.41 Å². The molecule has 0 fully saturated rings. The third kappa shape index (κ3) is 4.54. The second-order valence-electron chi connectivity index (χ2n) is 15.7. The Hall–Kier alpha value is -7.42. The number of aryl methyl sites for hydroxylation is 1. The molecule has 12 rings (SSSR count). The number of nitrogens with zero attached hydrogens (tertiary/aromatic N) is 2. The first-order valence-corrected chi connectivity index (χ1v) is 20.2. The molecular weight excluding hydrogens is 701 g/mol. The lowest BCUT2D eigenvalue weighted by molar-refractivity contribution is 0.792. The Morgan fingerprint density at radius 1 is 0.379 bits per heavy atom. The molecule has 2 nitrogen and oxygen atoms in total. The standard InChI is InChI=1S/C56H38N2/c1-37-27-29-39(30-28-37)57(53-25-13-8-17-42(53)38-15-3-2-4-16-38)41-32-34-48-47-21-9-14-26-54(47)58(55(48)36-41)40-31-33-46-45-20-7-12-24-51(45)56(52(46)35-40)49-22-10-5-18-43(49)44-19-6-11-23-50(44)56/h2-36H,1H3. The normalized spacial score (nSPS) is 13.1. The van der Waals surface area contributed by atoms with Crippen molar-refractivity contribution in [2.45, 2.75) is 12.3 Å². The SMILES string of the molecule is Cc1ccc(N(c2ccc3c4ccccc4n(-c4ccc5c(c4)C4(c6ccccc6-c6ccccc64)c4ccccc4-5)c3c2)c2ccccc2-c2ccccc2)cc1. The minimum Gasteiger partial charge on any atom is -0.310 e. The molecule has 2 aliphatic rings. The maximum Gasteiger partial charge on any atom is 0.0726 e. The Morgan fingerprint density at radius 3 is 1.60 bits per heavy atom. The smallest absolute Gasteiger partial charge is 0.0726 e. The first-order chi connectivity index (χ1) is 28.7. The molecule has 9 aromatic carbocycles. The maximum absolute atomic E-state index is 2.50. The zero-order valence-corrected chi connectivity index (χ0v) is 32.1. The zero-order valence-electron chi connectivity index (χ0n) is 32.1. The quantitative estimate of drug-likeness (QED) is 0.171. The van der Waals surface area contributed by atoms with E-state index in [2.05, 4.69) is 229 Å². The molecular formula is C56H38N2. The largest absolute Gasteiger partial charge is 0.310 e. The summed E-state index contributed by atoms with van der Waals surface area (Å²) in [5.41, 5.74) is 20.7. The monoisotopic (exact) mass is 738 g/mol. The van der Waals surface area contributed by atoms with E-state index in [9.17, 15) is 0 Å². The van der Waals surface area contributed by atoms with Crippen LogP contribution in [0.1, 0.15) is 27.8 Å². The Balaban J connectivity index is 1.12. The molecule has 0 amide bonds. The highest BCUT2D eigenvalue weighted by molar-refractivity contribution is 6.11. The van der Waals surface area contributed by atoms with Gasteiger partial charge in [0, 0.05) is 33.4 Å². The third-order valence-electron chi connectivity index (χ3n) is 12.7. The van der Waals surface area contributed by atoms with Crippen molar-refractivity contribution >= 4 is 38.9 Å². The van der Waals surface area contributed by atoms with Crippen LogP contribution < -0.4 is 4.90 Å². The van der Waals surface area contributed by atoms with Crippen molar-refractivity contribution in [3.05, 3.63) is 240 Å². The van der Waals surface area contributed by atoms with E-state index in [4.69, 9.17) is 0 Å². The van der Waals surface area contributed by atoms with Crippen LogP contribution in [0.3, 0.4) is 0 Å². The van der Waals surface area contributed by atoms with Gasteiger partial charge in [-0.15, -0.1) is 0 Å². The van der Waals surface area contributed by atoms with Gasteiger partial charge in [0.15, 0.2) is 0 Å². The number of fused-ring (bicyclic) bond motifs is 13. The van der Waals surface area contributed by atoms with Crippen LogP contribution >= 0.6 is 0 Å². The van der Waals surface area contributed by atoms with Gasteiger partial charge in [0.05, 0.1) is 22.1 Å². The van der Waals surface area contributed by atoms with E-state index in [1.54, 1.807) is 0 Å². The number of anilines is 3. The molecule has 0 atom stereocenters. The molecule has 0 bridgehead atoms. The van der Waals surface area contributed by atoms with Crippen molar-refractivity contribution in [3.63, 3.8) is 0 Å². The van der Waals surface area contributed by atoms with Gasteiger partial charge >= 0.3 is 0 Å². The van der Waals surface area contributed by atoms with Gasteiger partial charge in [-0.25, -0.2) is 0 Å². The van der Waals surface area contributed by atoms with E-state index in [-0.39, 0.29) is 0 Å². The van der Waals surface area contributed by atoms with E-state index < -0.39 is 5.41 Å². The number of benzene rings is 9. The minimum atomic E-state index is -0.414. The number of aromatic nitrogens is 1. The van der Waals surface area contributed by atoms with Crippen LogP contribution in [0, 0.1) is 6.92 Å². The Morgan fingerprint density at radius 2 is 0.914 bits per heavy atom.